The Hall–Kier alpha value is -2.29. The summed E-state index contributed by atoms with van der Waals surface area (Å²) >= 11 is 0. The lowest BCUT2D eigenvalue weighted by Gasteiger charge is -2.25. The first-order valence-corrected chi connectivity index (χ1v) is 7.28. The normalized spacial score (nSPS) is 10.4. The van der Waals surface area contributed by atoms with Gasteiger partial charge in [0.15, 0.2) is 0 Å². The largest absolute Gasteiger partial charge is 0.358 e. The third kappa shape index (κ3) is 4.95. The van der Waals surface area contributed by atoms with Crippen LogP contribution < -0.4 is 10.2 Å². The molecule has 0 saturated carbocycles. The van der Waals surface area contributed by atoms with Gasteiger partial charge in [0.2, 0.25) is 5.91 Å². The minimum atomic E-state index is 0.0461. The van der Waals surface area contributed by atoms with Gasteiger partial charge in [-0.05, 0) is 31.5 Å². The molecule has 1 N–H and O–H groups in total. The molecular formula is C18H22N2O. The summed E-state index contributed by atoms with van der Waals surface area (Å²) in [7, 11) is 0. The fourth-order valence-corrected chi connectivity index (χ4v) is 2.22. The van der Waals surface area contributed by atoms with E-state index in [-0.39, 0.29) is 11.9 Å². The average Bonchev–Trinajstić information content (AvgIpc) is 2.48. The van der Waals surface area contributed by atoms with Gasteiger partial charge in [0.1, 0.15) is 0 Å². The molecule has 2 rings (SSSR count). The van der Waals surface area contributed by atoms with E-state index in [2.05, 4.69) is 22.3 Å². The van der Waals surface area contributed by atoms with Crippen LogP contribution in [0, 0.1) is 0 Å². The maximum Gasteiger partial charge on any atom is 0.239 e. The molecule has 0 aliphatic rings. The van der Waals surface area contributed by atoms with Gasteiger partial charge in [0.05, 0.1) is 6.54 Å². The molecular weight excluding hydrogens is 260 g/mol. The van der Waals surface area contributed by atoms with Gasteiger partial charge >= 0.3 is 0 Å². The van der Waals surface area contributed by atoms with E-state index in [0.29, 0.717) is 6.54 Å². The molecule has 0 saturated heterocycles. The summed E-state index contributed by atoms with van der Waals surface area (Å²) in [5.74, 6) is 0.0461. The van der Waals surface area contributed by atoms with E-state index in [9.17, 15) is 4.79 Å². The zero-order chi connectivity index (χ0) is 15.1. The van der Waals surface area contributed by atoms with Crippen LogP contribution in [0.3, 0.4) is 0 Å². The lowest BCUT2D eigenvalue weighted by molar-refractivity contribution is -0.120. The minimum absolute atomic E-state index is 0.0461. The number of carbonyl (C=O) groups excluding carboxylic acids is 1. The first kappa shape index (κ1) is 15.1. The van der Waals surface area contributed by atoms with Crippen LogP contribution in [0.15, 0.2) is 60.7 Å². The van der Waals surface area contributed by atoms with Crippen LogP contribution in [0.4, 0.5) is 5.69 Å². The van der Waals surface area contributed by atoms with E-state index in [0.717, 1.165) is 12.2 Å². The van der Waals surface area contributed by atoms with Crippen molar-refractivity contribution in [1.29, 1.82) is 0 Å². The summed E-state index contributed by atoms with van der Waals surface area (Å²) in [6, 6.07) is 20.4. The molecule has 21 heavy (non-hydrogen) atoms. The Labute approximate surface area is 126 Å². The molecule has 0 spiro atoms. The summed E-state index contributed by atoms with van der Waals surface area (Å²) in [5, 5.41) is 2.95. The van der Waals surface area contributed by atoms with E-state index in [1.165, 1.54) is 5.56 Å². The van der Waals surface area contributed by atoms with Crippen molar-refractivity contribution in [3.05, 3.63) is 66.2 Å². The standard InChI is InChI=1S/C18H22N2O/c1-15(2)19-18(21)14-20(17-11-7-4-8-12-17)13-16-9-5-3-6-10-16/h3-12,15H,13-14H2,1-2H3,(H,19,21). The van der Waals surface area contributed by atoms with Crippen LogP contribution in [-0.2, 0) is 11.3 Å². The SMILES string of the molecule is CC(C)NC(=O)CN(Cc1ccccc1)c1ccccc1. The highest BCUT2D eigenvalue weighted by atomic mass is 16.2. The van der Waals surface area contributed by atoms with Gasteiger partial charge in [0, 0.05) is 18.3 Å². The van der Waals surface area contributed by atoms with Gasteiger partial charge in [-0.1, -0.05) is 48.5 Å². The fraction of sp³-hybridized carbons (Fsp3) is 0.278. The summed E-state index contributed by atoms with van der Waals surface area (Å²) < 4.78 is 0. The molecule has 0 heterocycles. The third-order valence-electron chi connectivity index (χ3n) is 3.12. The maximum atomic E-state index is 12.1. The number of amides is 1. The summed E-state index contributed by atoms with van der Waals surface area (Å²) in [6.45, 7) is 5.03. The molecule has 0 bridgehead atoms. The highest BCUT2D eigenvalue weighted by Gasteiger charge is 2.12. The van der Waals surface area contributed by atoms with Gasteiger partial charge in [0.25, 0.3) is 0 Å². The predicted molar refractivity (Wildman–Crippen MR) is 87.2 cm³/mol. The Morgan fingerprint density at radius 1 is 1.00 bits per heavy atom. The van der Waals surface area contributed by atoms with Crippen LogP contribution in [-0.4, -0.2) is 18.5 Å². The van der Waals surface area contributed by atoms with E-state index in [1.807, 2.05) is 62.4 Å². The number of anilines is 1. The number of hydrogen-bond acceptors (Lipinski definition) is 2. The van der Waals surface area contributed by atoms with Crippen molar-refractivity contribution < 1.29 is 4.79 Å². The fourth-order valence-electron chi connectivity index (χ4n) is 2.22. The number of nitrogens with zero attached hydrogens (tertiary/aromatic N) is 1. The number of nitrogens with one attached hydrogen (secondary N) is 1. The van der Waals surface area contributed by atoms with Crippen molar-refractivity contribution in [2.45, 2.75) is 26.4 Å². The van der Waals surface area contributed by atoms with Crippen molar-refractivity contribution >= 4 is 11.6 Å². The summed E-state index contributed by atoms with van der Waals surface area (Å²) in [6.07, 6.45) is 0. The number of para-hydroxylation sites is 1. The number of carbonyl (C=O) groups is 1. The Balaban J connectivity index is 2.13. The molecule has 3 nitrogen and oxygen atoms in total. The topological polar surface area (TPSA) is 32.3 Å². The van der Waals surface area contributed by atoms with Gasteiger partial charge in [-0.3, -0.25) is 4.79 Å². The zero-order valence-electron chi connectivity index (χ0n) is 12.6. The third-order valence-corrected chi connectivity index (χ3v) is 3.12. The smallest absolute Gasteiger partial charge is 0.239 e. The highest BCUT2D eigenvalue weighted by molar-refractivity contribution is 5.81. The summed E-state index contributed by atoms with van der Waals surface area (Å²) in [4.78, 5) is 14.2. The first-order chi connectivity index (χ1) is 10.1. The molecule has 2 aromatic carbocycles. The van der Waals surface area contributed by atoms with Crippen LogP contribution in [0.1, 0.15) is 19.4 Å². The maximum absolute atomic E-state index is 12.1. The quantitative estimate of drug-likeness (QED) is 0.882. The van der Waals surface area contributed by atoms with Crippen LogP contribution >= 0.6 is 0 Å². The van der Waals surface area contributed by atoms with E-state index < -0.39 is 0 Å². The Morgan fingerprint density at radius 2 is 1.57 bits per heavy atom. The van der Waals surface area contributed by atoms with Crippen LogP contribution in [0.5, 0.6) is 0 Å². The van der Waals surface area contributed by atoms with Gasteiger partial charge in [-0.25, -0.2) is 0 Å². The second-order valence-corrected chi connectivity index (χ2v) is 5.40. The number of benzene rings is 2. The molecule has 0 atom stereocenters. The highest BCUT2D eigenvalue weighted by Crippen LogP contribution is 2.16. The van der Waals surface area contributed by atoms with Gasteiger partial charge in [-0.15, -0.1) is 0 Å². The number of hydrogen-bond donors (Lipinski definition) is 1. The van der Waals surface area contributed by atoms with Gasteiger partial charge in [-0.2, -0.15) is 0 Å². The van der Waals surface area contributed by atoms with Crippen LogP contribution in [0.25, 0.3) is 0 Å². The second-order valence-electron chi connectivity index (χ2n) is 5.40. The molecule has 0 unspecified atom stereocenters. The second kappa shape index (κ2) is 7.48. The lowest BCUT2D eigenvalue weighted by atomic mass is 10.2. The molecule has 2 aromatic rings. The molecule has 0 aliphatic heterocycles. The Bertz CT molecular complexity index is 552. The van der Waals surface area contributed by atoms with Crippen molar-refractivity contribution in [2.75, 3.05) is 11.4 Å². The van der Waals surface area contributed by atoms with E-state index in [1.54, 1.807) is 0 Å². The Morgan fingerprint density at radius 3 is 2.14 bits per heavy atom. The van der Waals surface area contributed by atoms with E-state index in [4.69, 9.17) is 0 Å². The van der Waals surface area contributed by atoms with Crippen molar-refractivity contribution in [3.8, 4) is 0 Å². The molecule has 0 fully saturated rings. The average molecular weight is 282 g/mol. The lowest BCUT2D eigenvalue weighted by Crippen LogP contribution is -2.39. The molecule has 0 aromatic heterocycles. The molecule has 0 radical (unpaired) electrons. The monoisotopic (exact) mass is 282 g/mol. The Kier molecular flexibility index (Phi) is 5.38. The number of rotatable bonds is 6. The van der Waals surface area contributed by atoms with Gasteiger partial charge < -0.3 is 10.2 Å². The van der Waals surface area contributed by atoms with Crippen molar-refractivity contribution in [1.82, 2.24) is 5.32 Å². The molecule has 0 aliphatic carbocycles. The molecule has 110 valence electrons. The first-order valence-electron chi connectivity index (χ1n) is 7.28. The van der Waals surface area contributed by atoms with Crippen molar-refractivity contribution in [3.63, 3.8) is 0 Å². The van der Waals surface area contributed by atoms with Crippen molar-refractivity contribution in [2.24, 2.45) is 0 Å². The molecule has 3 heteroatoms. The zero-order valence-corrected chi connectivity index (χ0v) is 12.6. The van der Waals surface area contributed by atoms with Crippen LogP contribution in [0.2, 0.25) is 0 Å². The minimum Gasteiger partial charge on any atom is -0.358 e. The summed E-state index contributed by atoms with van der Waals surface area (Å²) in [5.41, 5.74) is 2.25. The predicted octanol–water partition coefficient (Wildman–Crippen LogP) is 3.22. The molecule has 1 amide bonds. The van der Waals surface area contributed by atoms with E-state index >= 15 is 0 Å².